The predicted octanol–water partition coefficient (Wildman–Crippen LogP) is 5.11. The van der Waals surface area contributed by atoms with Crippen molar-refractivity contribution in [1.29, 1.82) is 0 Å². The minimum absolute atomic E-state index is 0.167. The minimum atomic E-state index is -0.400. The van der Waals surface area contributed by atoms with Gasteiger partial charge >= 0.3 is 0 Å². The maximum Gasteiger partial charge on any atom is 0.291 e. The molecule has 31 heavy (non-hydrogen) atoms. The maximum absolute atomic E-state index is 13.8. The van der Waals surface area contributed by atoms with Crippen LogP contribution in [0.1, 0.15) is 33.0 Å². The zero-order chi connectivity index (χ0) is 21.8. The van der Waals surface area contributed by atoms with E-state index in [2.05, 4.69) is 10.4 Å². The molecule has 158 valence electrons. The number of ether oxygens (including phenoxy) is 1. The molecule has 1 N–H and O–H groups in total. The summed E-state index contributed by atoms with van der Waals surface area (Å²) in [5.74, 6) is 0.754. The van der Waals surface area contributed by atoms with Crippen LogP contribution in [0.4, 0.5) is 10.1 Å². The lowest BCUT2D eigenvalue weighted by atomic mass is 10.1. The summed E-state index contributed by atoms with van der Waals surface area (Å²) in [6.45, 7) is 4.55. The monoisotopic (exact) mass is 419 g/mol. The first-order valence-corrected chi connectivity index (χ1v) is 9.84. The number of carbonyl (C=O) groups excluding carboxylic acids is 1. The Bertz CT molecular complexity index is 1210. The highest BCUT2D eigenvalue weighted by atomic mass is 19.1. The minimum Gasteiger partial charge on any atom is -0.486 e. The SMILES string of the molecule is Cc1ccc(OCc2ccc(C(=O)Nc3cnn(Cc4ccccc4F)c3)o2)cc1C. The number of benzene rings is 2. The molecule has 0 atom stereocenters. The van der Waals surface area contributed by atoms with Crippen LogP contribution in [0.5, 0.6) is 5.75 Å². The normalized spacial score (nSPS) is 10.8. The number of furan rings is 1. The molecule has 0 spiro atoms. The Kier molecular flexibility index (Phi) is 5.84. The number of aryl methyl sites for hydroxylation is 2. The highest BCUT2D eigenvalue weighted by molar-refractivity contribution is 6.02. The molecule has 2 aromatic heterocycles. The number of carbonyl (C=O) groups is 1. The Labute approximate surface area is 179 Å². The van der Waals surface area contributed by atoms with Crippen molar-refractivity contribution in [1.82, 2.24) is 9.78 Å². The molecule has 1 amide bonds. The van der Waals surface area contributed by atoms with Gasteiger partial charge in [0.25, 0.3) is 5.91 Å². The Hall–Kier alpha value is -3.87. The molecule has 0 bridgehead atoms. The first-order chi connectivity index (χ1) is 15.0. The molecular formula is C24H22FN3O3. The Morgan fingerprint density at radius 1 is 1.13 bits per heavy atom. The molecule has 0 unspecified atom stereocenters. The lowest BCUT2D eigenvalue weighted by molar-refractivity contribution is 0.0992. The Morgan fingerprint density at radius 3 is 2.77 bits per heavy atom. The van der Waals surface area contributed by atoms with Gasteiger partial charge in [0.05, 0.1) is 18.4 Å². The van der Waals surface area contributed by atoms with Crippen LogP contribution in [-0.2, 0) is 13.2 Å². The second kappa shape index (κ2) is 8.87. The van der Waals surface area contributed by atoms with Crippen LogP contribution in [0.25, 0.3) is 0 Å². The van der Waals surface area contributed by atoms with Gasteiger partial charge in [-0.05, 0) is 55.3 Å². The molecular weight excluding hydrogens is 397 g/mol. The van der Waals surface area contributed by atoms with Crippen molar-refractivity contribution in [2.24, 2.45) is 0 Å². The summed E-state index contributed by atoms with van der Waals surface area (Å²) >= 11 is 0. The van der Waals surface area contributed by atoms with Crippen molar-refractivity contribution in [3.63, 3.8) is 0 Å². The summed E-state index contributed by atoms with van der Waals surface area (Å²) in [6, 6.07) is 15.7. The zero-order valence-electron chi connectivity index (χ0n) is 17.3. The van der Waals surface area contributed by atoms with Crippen LogP contribution in [0.3, 0.4) is 0 Å². The van der Waals surface area contributed by atoms with Gasteiger partial charge in [-0.15, -0.1) is 0 Å². The van der Waals surface area contributed by atoms with Gasteiger partial charge < -0.3 is 14.5 Å². The number of hydrogen-bond donors (Lipinski definition) is 1. The molecule has 0 aliphatic heterocycles. The van der Waals surface area contributed by atoms with Crippen molar-refractivity contribution in [2.75, 3.05) is 5.32 Å². The topological polar surface area (TPSA) is 69.3 Å². The predicted molar refractivity (Wildman–Crippen MR) is 115 cm³/mol. The van der Waals surface area contributed by atoms with E-state index in [9.17, 15) is 9.18 Å². The number of anilines is 1. The summed E-state index contributed by atoms with van der Waals surface area (Å²) in [4.78, 5) is 12.5. The summed E-state index contributed by atoms with van der Waals surface area (Å²) in [6.07, 6.45) is 3.14. The standard InChI is InChI=1S/C24H22FN3O3/c1-16-7-8-20(11-17(16)2)30-15-21-9-10-23(31-21)24(29)27-19-12-26-28(14-19)13-18-5-3-4-6-22(18)25/h3-12,14H,13,15H2,1-2H3,(H,27,29). The van der Waals surface area contributed by atoms with E-state index in [-0.39, 0.29) is 24.7 Å². The Balaban J connectivity index is 1.34. The van der Waals surface area contributed by atoms with Crippen molar-refractivity contribution in [3.8, 4) is 5.75 Å². The van der Waals surface area contributed by atoms with Gasteiger partial charge in [0, 0.05) is 11.8 Å². The lowest BCUT2D eigenvalue weighted by Crippen LogP contribution is -2.10. The molecule has 7 heteroatoms. The molecule has 0 saturated heterocycles. The fourth-order valence-electron chi connectivity index (χ4n) is 3.04. The van der Waals surface area contributed by atoms with E-state index in [1.54, 1.807) is 41.2 Å². The first kappa shape index (κ1) is 20.4. The number of hydrogen-bond acceptors (Lipinski definition) is 4. The third-order valence-electron chi connectivity index (χ3n) is 4.93. The largest absolute Gasteiger partial charge is 0.486 e. The molecule has 4 rings (SSSR count). The fourth-order valence-corrected chi connectivity index (χ4v) is 3.04. The van der Waals surface area contributed by atoms with E-state index < -0.39 is 5.91 Å². The number of nitrogens with one attached hydrogen (secondary N) is 1. The van der Waals surface area contributed by atoms with Gasteiger partial charge in [0.2, 0.25) is 0 Å². The molecule has 0 saturated carbocycles. The number of halogens is 1. The molecule has 6 nitrogen and oxygen atoms in total. The second-order valence-corrected chi connectivity index (χ2v) is 7.27. The number of rotatable bonds is 7. The van der Waals surface area contributed by atoms with Crippen LogP contribution in [0, 0.1) is 19.7 Å². The van der Waals surface area contributed by atoms with Gasteiger partial charge in [0.1, 0.15) is 23.9 Å². The molecule has 2 aromatic carbocycles. The van der Waals surface area contributed by atoms with E-state index in [1.165, 1.54) is 17.8 Å². The third-order valence-corrected chi connectivity index (χ3v) is 4.93. The fraction of sp³-hybridized carbons (Fsp3) is 0.167. The van der Waals surface area contributed by atoms with Crippen LogP contribution >= 0.6 is 0 Å². The number of aromatic nitrogens is 2. The van der Waals surface area contributed by atoms with Gasteiger partial charge in [-0.2, -0.15) is 5.10 Å². The summed E-state index contributed by atoms with van der Waals surface area (Å²) < 4.78 is 26.7. The average Bonchev–Trinajstić information content (AvgIpc) is 3.40. The van der Waals surface area contributed by atoms with Gasteiger partial charge in [-0.1, -0.05) is 24.3 Å². The lowest BCUT2D eigenvalue weighted by Gasteiger charge is -2.06. The molecule has 0 aliphatic rings. The van der Waals surface area contributed by atoms with Gasteiger partial charge in [-0.25, -0.2) is 4.39 Å². The highest BCUT2D eigenvalue weighted by Crippen LogP contribution is 2.19. The smallest absolute Gasteiger partial charge is 0.291 e. The van der Waals surface area contributed by atoms with Crippen molar-refractivity contribution >= 4 is 11.6 Å². The summed E-state index contributed by atoms with van der Waals surface area (Å²) in [5, 5.41) is 6.89. The first-order valence-electron chi connectivity index (χ1n) is 9.84. The van der Waals surface area contributed by atoms with Crippen LogP contribution in [-0.4, -0.2) is 15.7 Å². The van der Waals surface area contributed by atoms with E-state index >= 15 is 0 Å². The maximum atomic E-state index is 13.8. The van der Waals surface area contributed by atoms with E-state index in [0.29, 0.717) is 17.0 Å². The average molecular weight is 419 g/mol. The molecule has 0 fully saturated rings. The van der Waals surface area contributed by atoms with Crippen LogP contribution < -0.4 is 10.1 Å². The van der Waals surface area contributed by atoms with E-state index in [4.69, 9.17) is 9.15 Å². The van der Waals surface area contributed by atoms with Crippen LogP contribution in [0.2, 0.25) is 0 Å². The molecule has 4 aromatic rings. The Morgan fingerprint density at radius 2 is 1.97 bits per heavy atom. The second-order valence-electron chi connectivity index (χ2n) is 7.27. The van der Waals surface area contributed by atoms with Crippen molar-refractivity contribution in [2.45, 2.75) is 27.0 Å². The zero-order valence-corrected chi connectivity index (χ0v) is 17.3. The molecule has 0 aliphatic carbocycles. The van der Waals surface area contributed by atoms with E-state index in [0.717, 1.165) is 11.3 Å². The van der Waals surface area contributed by atoms with Gasteiger partial charge in [-0.3, -0.25) is 9.48 Å². The quantitative estimate of drug-likeness (QED) is 0.452. The van der Waals surface area contributed by atoms with Crippen molar-refractivity contribution < 1.29 is 18.3 Å². The van der Waals surface area contributed by atoms with Crippen LogP contribution in [0.15, 0.2) is 71.4 Å². The summed E-state index contributed by atoms with van der Waals surface area (Å²) in [5.41, 5.74) is 3.35. The van der Waals surface area contributed by atoms with E-state index in [1.807, 2.05) is 32.0 Å². The number of nitrogens with zero attached hydrogens (tertiary/aromatic N) is 2. The molecule has 2 heterocycles. The third kappa shape index (κ3) is 5.01. The highest BCUT2D eigenvalue weighted by Gasteiger charge is 2.13. The molecule has 0 radical (unpaired) electrons. The summed E-state index contributed by atoms with van der Waals surface area (Å²) in [7, 11) is 0. The van der Waals surface area contributed by atoms with Gasteiger partial charge in [0.15, 0.2) is 5.76 Å². The van der Waals surface area contributed by atoms with Crippen molar-refractivity contribution in [3.05, 3.63) is 101 Å². The number of amides is 1.